The molecule has 4 nitrogen and oxygen atoms in total. The summed E-state index contributed by atoms with van der Waals surface area (Å²) in [5.41, 5.74) is 1.43. The Bertz CT molecular complexity index is 1150. The SMILES string of the molecule is O=C(/C=C/c1ccc([N+](=O)[O-])cc1)c1c2ccccc2cc2ccccc12. The predicted octanol–water partition coefficient (Wildman–Crippen LogP) is 5.80. The molecule has 0 aliphatic rings. The molecule has 0 amide bonds. The Morgan fingerprint density at radius 3 is 1.93 bits per heavy atom. The number of ketones is 1. The topological polar surface area (TPSA) is 60.2 Å². The Kier molecular flexibility index (Phi) is 4.22. The lowest BCUT2D eigenvalue weighted by Crippen LogP contribution is -1.98. The van der Waals surface area contributed by atoms with Crippen molar-refractivity contribution in [2.24, 2.45) is 0 Å². The highest BCUT2D eigenvalue weighted by Crippen LogP contribution is 2.29. The van der Waals surface area contributed by atoms with Crippen LogP contribution in [0.3, 0.4) is 0 Å². The minimum atomic E-state index is -0.444. The van der Waals surface area contributed by atoms with Gasteiger partial charge >= 0.3 is 0 Å². The number of hydrogen-bond acceptors (Lipinski definition) is 3. The van der Waals surface area contributed by atoms with Crippen LogP contribution in [-0.2, 0) is 0 Å². The molecule has 27 heavy (non-hydrogen) atoms. The van der Waals surface area contributed by atoms with Crippen LogP contribution in [0.2, 0.25) is 0 Å². The van der Waals surface area contributed by atoms with Crippen molar-refractivity contribution in [3.63, 3.8) is 0 Å². The summed E-state index contributed by atoms with van der Waals surface area (Å²) in [6.45, 7) is 0. The fourth-order valence-corrected chi connectivity index (χ4v) is 3.24. The van der Waals surface area contributed by atoms with Gasteiger partial charge in [-0.3, -0.25) is 14.9 Å². The Balaban J connectivity index is 1.78. The number of rotatable bonds is 4. The van der Waals surface area contributed by atoms with Crippen molar-refractivity contribution in [2.45, 2.75) is 0 Å². The zero-order valence-electron chi connectivity index (χ0n) is 14.3. The highest BCUT2D eigenvalue weighted by atomic mass is 16.6. The number of nitrogens with zero attached hydrogens (tertiary/aromatic N) is 1. The Labute approximate surface area is 155 Å². The second-order valence-electron chi connectivity index (χ2n) is 6.24. The molecule has 0 heterocycles. The third-order valence-corrected chi connectivity index (χ3v) is 4.55. The van der Waals surface area contributed by atoms with E-state index >= 15 is 0 Å². The van der Waals surface area contributed by atoms with Crippen molar-refractivity contribution in [3.05, 3.63) is 106 Å². The highest BCUT2D eigenvalue weighted by Gasteiger charge is 2.12. The first kappa shape index (κ1) is 16.7. The van der Waals surface area contributed by atoms with Crippen LogP contribution in [0, 0.1) is 10.1 Å². The molecular formula is C23H15NO3. The van der Waals surface area contributed by atoms with Gasteiger partial charge in [-0.15, -0.1) is 0 Å². The van der Waals surface area contributed by atoms with E-state index < -0.39 is 4.92 Å². The number of non-ortho nitro benzene ring substituents is 1. The molecule has 0 aliphatic carbocycles. The van der Waals surface area contributed by atoms with E-state index in [1.807, 2.05) is 48.5 Å². The van der Waals surface area contributed by atoms with E-state index in [4.69, 9.17) is 0 Å². The van der Waals surface area contributed by atoms with Gasteiger partial charge in [-0.05, 0) is 51.4 Å². The molecule has 4 aromatic rings. The van der Waals surface area contributed by atoms with Crippen LogP contribution < -0.4 is 0 Å². The van der Waals surface area contributed by atoms with Crippen LogP contribution >= 0.6 is 0 Å². The summed E-state index contributed by atoms with van der Waals surface area (Å²) in [5.74, 6) is -0.0960. The van der Waals surface area contributed by atoms with Gasteiger partial charge in [0.2, 0.25) is 0 Å². The first-order valence-corrected chi connectivity index (χ1v) is 8.51. The summed E-state index contributed by atoms with van der Waals surface area (Å²) in [7, 11) is 0. The normalized spacial score (nSPS) is 11.3. The maximum Gasteiger partial charge on any atom is 0.269 e. The number of allylic oxidation sites excluding steroid dienone is 1. The van der Waals surface area contributed by atoms with Crippen molar-refractivity contribution in [1.29, 1.82) is 0 Å². The zero-order chi connectivity index (χ0) is 18.8. The Hall–Kier alpha value is -3.79. The zero-order valence-corrected chi connectivity index (χ0v) is 14.3. The molecule has 0 unspecified atom stereocenters. The molecule has 0 saturated heterocycles. The molecule has 4 aromatic carbocycles. The molecule has 0 aromatic heterocycles. The lowest BCUT2D eigenvalue weighted by molar-refractivity contribution is -0.384. The molecule has 130 valence electrons. The standard InChI is InChI=1S/C23H15NO3/c25-22(14-11-16-9-12-19(13-10-16)24(26)27)23-20-7-3-1-5-17(20)15-18-6-2-4-8-21(18)23/h1-15H/b14-11+. The fourth-order valence-electron chi connectivity index (χ4n) is 3.24. The van der Waals surface area contributed by atoms with Gasteiger partial charge in [-0.2, -0.15) is 0 Å². The summed E-state index contributed by atoms with van der Waals surface area (Å²) >= 11 is 0. The van der Waals surface area contributed by atoms with E-state index in [0.717, 1.165) is 27.1 Å². The van der Waals surface area contributed by atoms with Gasteiger partial charge in [0.05, 0.1) is 4.92 Å². The summed E-state index contributed by atoms with van der Waals surface area (Å²) < 4.78 is 0. The highest BCUT2D eigenvalue weighted by molar-refractivity contribution is 6.23. The van der Waals surface area contributed by atoms with Gasteiger partial charge in [-0.25, -0.2) is 0 Å². The number of carbonyl (C=O) groups excluding carboxylic acids is 1. The maximum absolute atomic E-state index is 13.0. The number of hydrogen-bond donors (Lipinski definition) is 0. The largest absolute Gasteiger partial charge is 0.289 e. The molecule has 4 heteroatoms. The number of benzene rings is 4. The minimum Gasteiger partial charge on any atom is -0.289 e. The average Bonchev–Trinajstić information content (AvgIpc) is 2.70. The second kappa shape index (κ2) is 6.84. The van der Waals surface area contributed by atoms with Gasteiger partial charge in [0.15, 0.2) is 5.78 Å². The minimum absolute atomic E-state index is 0.0264. The van der Waals surface area contributed by atoms with Crippen LogP contribution in [0.5, 0.6) is 0 Å². The first-order valence-electron chi connectivity index (χ1n) is 8.51. The third-order valence-electron chi connectivity index (χ3n) is 4.55. The van der Waals surface area contributed by atoms with Crippen molar-refractivity contribution in [3.8, 4) is 0 Å². The Morgan fingerprint density at radius 1 is 0.815 bits per heavy atom. The van der Waals surface area contributed by atoms with Gasteiger partial charge in [0, 0.05) is 17.7 Å². The summed E-state index contributed by atoms with van der Waals surface area (Å²) in [4.78, 5) is 23.3. The summed E-state index contributed by atoms with van der Waals surface area (Å²) in [6.07, 6.45) is 3.21. The van der Waals surface area contributed by atoms with Gasteiger partial charge in [0.1, 0.15) is 0 Å². The number of nitro groups is 1. The van der Waals surface area contributed by atoms with Crippen LogP contribution in [0.4, 0.5) is 5.69 Å². The second-order valence-corrected chi connectivity index (χ2v) is 6.24. The molecule has 0 atom stereocenters. The molecule has 0 aliphatic heterocycles. The van der Waals surface area contributed by atoms with Gasteiger partial charge in [-0.1, -0.05) is 54.6 Å². The van der Waals surface area contributed by atoms with Crippen LogP contribution in [0.15, 0.2) is 84.9 Å². The summed E-state index contributed by atoms with van der Waals surface area (Å²) in [6, 6.07) is 23.9. The molecule has 0 bridgehead atoms. The molecule has 0 spiro atoms. The first-order chi connectivity index (χ1) is 13.1. The van der Waals surface area contributed by atoms with E-state index in [2.05, 4.69) is 6.07 Å². The molecular weight excluding hydrogens is 338 g/mol. The fraction of sp³-hybridized carbons (Fsp3) is 0. The van der Waals surface area contributed by atoms with Crippen LogP contribution in [0.1, 0.15) is 15.9 Å². The van der Waals surface area contributed by atoms with Crippen molar-refractivity contribution in [2.75, 3.05) is 0 Å². The van der Waals surface area contributed by atoms with Crippen molar-refractivity contribution >= 4 is 39.1 Å². The molecule has 0 fully saturated rings. The quantitative estimate of drug-likeness (QED) is 0.153. The van der Waals surface area contributed by atoms with Crippen LogP contribution in [0.25, 0.3) is 27.6 Å². The van der Waals surface area contributed by atoms with Gasteiger partial charge in [0.25, 0.3) is 5.69 Å². The molecule has 4 rings (SSSR count). The smallest absolute Gasteiger partial charge is 0.269 e. The third kappa shape index (κ3) is 3.20. The average molecular weight is 353 g/mol. The van der Waals surface area contributed by atoms with E-state index in [9.17, 15) is 14.9 Å². The lowest BCUT2D eigenvalue weighted by Gasteiger charge is -2.09. The van der Waals surface area contributed by atoms with E-state index in [1.165, 1.54) is 18.2 Å². The molecule has 0 N–H and O–H groups in total. The van der Waals surface area contributed by atoms with E-state index in [1.54, 1.807) is 18.2 Å². The van der Waals surface area contributed by atoms with Crippen molar-refractivity contribution < 1.29 is 9.72 Å². The number of fused-ring (bicyclic) bond motifs is 2. The summed E-state index contributed by atoms with van der Waals surface area (Å²) in [5, 5.41) is 14.6. The van der Waals surface area contributed by atoms with Crippen molar-refractivity contribution in [1.82, 2.24) is 0 Å². The van der Waals surface area contributed by atoms with E-state index in [0.29, 0.717) is 5.56 Å². The lowest BCUT2D eigenvalue weighted by atomic mass is 9.94. The predicted molar refractivity (Wildman–Crippen MR) is 108 cm³/mol. The van der Waals surface area contributed by atoms with E-state index in [-0.39, 0.29) is 11.5 Å². The number of nitro benzene ring substituents is 1. The number of carbonyl (C=O) groups is 1. The Morgan fingerprint density at radius 2 is 1.37 bits per heavy atom. The molecule has 0 saturated carbocycles. The van der Waals surface area contributed by atoms with Crippen LogP contribution in [-0.4, -0.2) is 10.7 Å². The van der Waals surface area contributed by atoms with Gasteiger partial charge < -0.3 is 0 Å². The molecule has 0 radical (unpaired) electrons. The maximum atomic E-state index is 13.0. The monoisotopic (exact) mass is 353 g/mol.